The van der Waals surface area contributed by atoms with E-state index in [2.05, 4.69) is 60.1 Å². The summed E-state index contributed by atoms with van der Waals surface area (Å²) in [6.45, 7) is 10.0. The normalized spacial score (nSPS) is 12.8. The van der Waals surface area contributed by atoms with E-state index in [1.165, 1.54) is 17.7 Å². The van der Waals surface area contributed by atoms with E-state index in [1.807, 2.05) is 12.3 Å². The van der Waals surface area contributed by atoms with E-state index in [0.29, 0.717) is 17.3 Å². The Morgan fingerprint density at radius 3 is 2.54 bits per heavy atom. The molecular weight excluding hydrogens is 296 g/mol. The monoisotopic (exact) mass is 326 g/mol. The number of aryl methyl sites for hydroxylation is 1. The molecule has 1 unspecified atom stereocenters. The molecule has 2 heterocycles. The Morgan fingerprint density at radius 2 is 1.83 bits per heavy atom. The smallest absolute Gasteiger partial charge is 0.222 e. The van der Waals surface area contributed by atoms with Gasteiger partial charge in [-0.3, -0.25) is 4.98 Å². The molecule has 130 valence electrons. The van der Waals surface area contributed by atoms with Crippen LogP contribution in [-0.4, -0.2) is 21.5 Å². The summed E-state index contributed by atoms with van der Waals surface area (Å²) in [5, 5.41) is 3.28. The summed E-state index contributed by atoms with van der Waals surface area (Å²) in [5.74, 6) is 1.32. The van der Waals surface area contributed by atoms with Gasteiger partial charge >= 0.3 is 0 Å². The Kier molecular flexibility index (Phi) is 6.71. The third kappa shape index (κ3) is 7.07. The van der Waals surface area contributed by atoms with E-state index in [1.54, 1.807) is 12.4 Å². The van der Waals surface area contributed by atoms with E-state index in [-0.39, 0.29) is 0 Å². The molecule has 2 aromatic rings. The van der Waals surface area contributed by atoms with Crippen LogP contribution in [0.15, 0.2) is 36.8 Å². The van der Waals surface area contributed by atoms with Gasteiger partial charge in [0.2, 0.25) is 5.95 Å². The highest BCUT2D eigenvalue weighted by Gasteiger charge is 2.11. The Balaban J connectivity index is 1.77. The van der Waals surface area contributed by atoms with Crippen LogP contribution in [0.25, 0.3) is 0 Å². The summed E-state index contributed by atoms with van der Waals surface area (Å²) in [7, 11) is 0. The highest BCUT2D eigenvalue weighted by atomic mass is 15.1. The molecule has 0 aliphatic rings. The van der Waals surface area contributed by atoms with Crippen LogP contribution in [-0.2, 0) is 12.8 Å². The molecule has 4 nitrogen and oxygen atoms in total. The van der Waals surface area contributed by atoms with Crippen LogP contribution in [0, 0.1) is 11.3 Å². The third-order valence-corrected chi connectivity index (χ3v) is 4.08. The van der Waals surface area contributed by atoms with E-state index in [9.17, 15) is 0 Å². The minimum absolute atomic E-state index is 0.357. The molecule has 0 amide bonds. The number of aromatic nitrogens is 3. The number of rotatable bonds is 8. The van der Waals surface area contributed by atoms with Crippen molar-refractivity contribution in [3.05, 3.63) is 48.0 Å². The Labute approximate surface area is 146 Å². The standard InChI is InChI=1S/C20H30N4/c1-16(7-12-24-19-22-10-5-11-23-19)14-17-8-13-21-18(15-17)6-9-20(2,3)4/h5,8,10-11,13,15-16H,6-7,9,12,14H2,1-4H3,(H,22,23,24). The largest absolute Gasteiger partial charge is 0.354 e. The Hall–Kier alpha value is -1.97. The lowest BCUT2D eigenvalue weighted by Crippen LogP contribution is -2.11. The van der Waals surface area contributed by atoms with Gasteiger partial charge < -0.3 is 5.32 Å². The van der Waals surface area contributed by atoms with Crippen molar-refractivity contribution < 1.29 is 0 Å². The highest BCUT2D eigenvalue weighted by Crippen LogP contribution is 2.21. The van der Waals surface area contributed by atoms with Crippen molar-refractivity contribution in [1.82, 2.24) is 15.0 Å². The van der Waals surface area contributed by atoms with Crippen LogP contribution in [0.4, 0.5) is 5.95 Å². The lowest BCUT2D eigenvalue weighted by Gasteiger charge is -2.18. The average molecular weight is 326 g/mol. The number of anilines is 1. The van der Waals surface area contributed by atoms with Crippen molar-refractivity contribution in [2.45, 2.75) is 53.4 Å². The summed E-state index contributed by atoms with van der Waals surface area (Å²) in [4.78, 5) is 12.9. The van der Waals surface area contributed by atoms with Crippen LogP contribution < -0.4 is 5.32 Å². The lowest BCUT2D eigenvalue weighted by molar-refractivity contribution is 0.376. The second-order valence-corrected chi connectivity index (χ2v) is 7.81. The molecule has 24 heavy (non-hydrogen) atoms. The lowest BCUT2D eigenvalue weighted by atomic mass is 9.89. The molecule has 0 aliphatic heterocycles. The Bertz CT molecular complexity index is 605. The fraction of sp³-hybridized carbons (Fsp3) is 0.550. The molecule has 0 fully saturated rings. The van der Waals surface area contributed by atoms with Gasteiger partial charge in [0.05, 0.1) is 0 Å². The van der Waals surface area contributed by atoms with E-state index in [0.717, 1.165) is 25.8 Å². The molecule has 2 rings (SSSR count). The predicted octanol–water partition coefficient (Wildman–Crippen LogP) is 4.53. The summed E-state index contributed by atoms with van der Waals surface area (Å²) < 4.78 is 0. The zero-order valence-electron chi connectivity index (χ0n) is 15.4. The molecule has 0 saturated carbocycles. The first-order chi connectivity index (χ1) is 11.4. The minimum Gasteiger partial charge on any atom is -0.354 e. The second kappa shape index (κ2) is 8.76. The van der Waals surface area contributed by atoms with E-state index < -0.39 is 0 Å². The van der Waals surface area contributed by atoms with Gasteiger partial charge in [0, 0.05) is 30.8 Å². The molecule has 1 atom stereocenters. The summed E-state index contributed by atoms with van der Waals surface area (Å²) in [6.07, 6.45) is 9.87. The minimum atomic E-state index is 0.357. The number of hydrogen-bond donors (Lipinski definition) is 1. The molecule has 0 aliphatic carbocycles. The zero-order chi connectivity index (χ0) is 17.4. The van der Waals surface area contributed by atoms with Gasteiger partial charge in [-0.05, 0) is 60.8 Å². The van der Waals surface area contributed by atoms with Crippen LogP contribution in [0.3, 0.4) is 0 Å². The van der Waals surface area contributed by atoms with Crippen molar-refractivity contribution in [1.29, 1.82) is 0 Å². The summed E-state index contributed by atoms with van der Waals surface area (Å²) in [5.41, 5.74) is 2.96. The zero-order valence-corrected chi connectivity index (χ0v) is 15.4. The van der Waals surface area contributed by atoms with Crippen LogP contribution in [0.2, 0.25) is 0 Å². The maximum absolute atomic E-state index is 4.52. The number of nitrogens with one attached hydrogen (secondary N) is 1. The molecular formula is C20H30N4. The van der Waals surface area contributed by atoms with Crippen LogP contribution >= 0.6 is 0 Å². The molecule has 0 aromatic carbocycles. The second-order valence-electron chi connectivity index (χ2n) is 7.81. The van der Waals surface area contributed by atoms with E-state index >= 15 is 0 Å². The topological polar surface area (TPSA) is 50.7 Å². The molecule has 4 heteroatoms. The van der Waals surface area contributed by atoms with Gasteiger partial charge in [0.1, 0.15) is 0 Å². The Morgan fingerprint density at radius 1 is 1.08 bits per heavy atom. The quantitative estimate of drug-likeness (QED) is 0.774. The molecule has 0 radical (unpaired) electrons. The highest BCUT2D eigenvalue weighted by molar-refractivity contribution is 5.22. The fourth-order valence-electron chi connectivity index (χ4n) is 2.62. The maximum Gasteiger partial charge on any atom is 0.222 e. The number of nitrogens with zero attached hydrogens (tertiary/aromatic N) is 3. The first-order valence-corrected chi connectivity index (χ1v) is 8.87. The number of pyridine rings is 1. The van der Waals surface area contributed by atoms with Gasteiger partial charge in [-0.1, -0.05) is 27.7 Å². The molecule has 0 bridgehead atoms. The number of hydrogen-bond acceptors (Lipinski definition) is 4. The molecule has 2 aromatic heterocycles. The molecule has 1 N–H and O–H groups in total. The van der Waals surface area contributed by atoms with Crippen LogP contribution in [0.1, 0.15) is 51.8 Å². The SMILES string of the molecule is CC(CCNc1ncccn1)Cc1ccnc(CCC(C)(C)C)c1. The predicted molar refractivity (Wildman–Crippen MR) is 100 cm³/mol. The van der Waals surface area contributed by atoms with Crippen molar-refractivity contribution in [2.24, 2.45) is 11.3 Å². The first-order valence-electron chi connectivity index (χ1n) is 8.87. The van der Waals surface area contributed by atoms with Gasteiger partial charge in [-0.15, -0.1) is 0 Å². The summed E-state index contributed by atoms with van der Waals surface area (Å²) >= 11 is 0. The van der Waals surface area contributed by atoms with Crippen molar-refractivity contribution in [2.75, 3.05) is 11.9 Å². The van der Waals surface area contributed by atoms with Gasteiger partial charge in [-0.25, -0.2) is 9.97 Å². The maximum atomic E-state index is 4.52. The van der Waals surface area contributed by atoms with Crippen molar-refractivity contribution >= 4 is 5.95 Å². The van der Waals surface area contributed by atoms with E-state index in [4.69, 9.17) is 0 Å². The van der Waals surface area contributed by atoms with Crippen LogP contribution in [0.5, 0.6) is 0 Å². The average Bonchev–Trinajstić information content (AvgIpc) is 2.54. The van der Waals surface area contributed by atoms with Gasteiger partial charge in [-0.2, -0.15) is 0 Å². The first kappa shape index (κ1) is 18.4. The van der Waals surface area contributed by atoms with Gasteiger partial charge in [0.25, 0.3) is 0 Å². The summed E-state index contributed by atoms with van der Waals surface area (Å²) in [6, 6.07) is 6.25. The third-order valence-electron chi connectivity index (χ3n) is 4.08. The van der Waals surface area contributed by atoms with Gasteiger partial charge in [0.15, 0.2) is 0 Å². The van der Waals surface area contributed by atoms with Crippen molar-refractivity contribution in [3.63, 3.8) is 0 Å². The molecule has 0 spiro atoms. The molecule has 0 saturated heterocycles. The van der Waals surface area contributed by atoms with Crippen molar-refractivity contribution in [3.8, 4) is 0 Å². The fourth-order valence-corrected chi connectivity index (χ4v) is 2.62.